The third-order valence-corrected chi connectivity index (χ3v) is 10.7. The molecule has 2 aromatic heterocycles. The zero-order valence-corrected chi connectivity index (χ0v) is 45.1. The van der Waals surface area contributed by atoms with Crippen molar-refractivity contribution in [2.24, 2.45) is 9.98 Å². The van der Waals surface area contributed by atoms with E-state index in [1.807, 2.05) is 106 Å². The van der Waals surface area contributed by atoms with E-state index in [1.165, 1.54) is 16.7 Å². The van der Waals surface area contributed by atoms with Crippen LogP contribution in [0.15, 0.2) is 193 Å². The van der Waals surface area contributed by atoms with Gasteiger partial charge in [0.2, 0.25) is 0 Å². The van der Waals surface area contributed by atoms with Crippen LogP contribution in [-0.4, -0.2) is 35.5 Å². The summed E-state index contributed by atoms with van der Waals surface area (Å²) >= 11 is 0. The molecule has 68 heavy (non-hydrogen) atoms. The monoisotopic (exact) mass is 1260 g/mol. The summed E-state index contributed by atoms with van der Waals surface area (Å²) in [7, 11) is 1.75. The smallest absolute Gasteiger partial charge is 0.365 e. The van der Waals surface area contributed by atoms with Gasteiger partial charge in [-0.3, -0.25) is 4.99 Å². The molecule has 0 N–H and O–H groups in total. The number of hydrogen-bond donors (Lipinski definition) is 0. The molecule has 0 bridgehead atoms. The largest absolute Gasteiger partial charge is 2.00 e. The molecule has 0 fully saturated rings. The van der Waals surface area contributed by atoms with E-state index < -0.39 is 0 Å². The molecule has 4 aromatic carbocycles. The minimum absolute atomic E-state index is 0. The van der Waals surface area contributed by atoms with Gasteiger partial charge in [-0.1, -0.05) is 95.0 Å². The topological polar surface area (TPSA) is 57.0 Å². The van der Waals surface area contributed by atoms with Crippen LogP contribution < -0.4 is 9.80 Å². The van der Waals surface area contributed by atoms with Crippen molar-refractivity contribution in [3.05, 3.63) is 224 Å². The van der Waals surface area contributed by atoms with E-state index in [-0.39, 0.29) is 53.6 Å². The van der Waals surface area contributed by atoms with Crippen LogP contribution in [0.4, 0.5) is 22.7 Å². The van der Waals surface area contributed by atoms with Crippen LogP contribution in [0, 0.1) is 24.3 Å². The van der Waals surface area contributed by atoms with E-state index in [1.54, 1.807) is 25.7 Å². The molecule has 1 aliphatic carbocycles. The molecular weight excluding hydrogens is 1190 g/mol. The van der Waals surface area contributed by atoms with E-state index in [0.717, 1.165) is 74.9 Å². The molecule has 8 heteroatoms. The van der Waals surface area contributed by atoms with Crippen LogP contribution in [0.5, 0.6) is 0 Å². The van der Waals surface area contributed by atoms with Gasteiger partial charge in [-0.2, -0.15) is 6.58 Å². The number of fused-ring (bicyclic) bond motifs is 1. The fraction of sp³-hybridized carbons (Fsp3) is 0.200. The molecule has 1 unspecified atom stereocenters. The predicted octanol–water partition coefficient (Wildman–Crippen LogP) is 15.1. The third-order valence-electron chi connectivity index (χ3n) is 10.7. The van der Waals surface area contributed by atoms with Gasteiger partial charge < -0.3 is 24.8 Å². The van der Waals surface area contributed by atoms with E-state index >= 15 is 0 Å². The van der Waals surface area contributed by atoms with Crippen molar-refractivity contribution in [2.45, 2.75) is 72.8 Å². The first-order valence-corrected chi connectivity index (χ1v) is 22.2. The Morgan fingerprint density at radius 3 is 1.91 bits per heavy atom. The quantitative estimate of drug-likeness (QED) is 0.0657. The minimum atomic E-state index is -0.0230. The first-order valence-electron chi connectivity index (χ1n) is 22.2. The first-order chi connectivity index (χ1) is 31.7. The van der Waals surface area contributed by atoms with Gasteiger partial charge in [0, 0.05) is 37.0 Å². The maximum Gasteiger partial charge on any atom is 2.00 e. The number of nitrogens with zero attached hydrogens (tertiary/aromatic N) is 6. The minimum Gasteiger partial charge on any atom is -0.365 e. The number of anilines is 4. The molecule has 0 amide bonds. The second-order valence-electron chi connectivity index (χ2n) is 16.8. The zero-order chi connectivity index (χ0) is 47.6. The van der Waals surface area contributed by atoms with Crippen molar-refractivity contribution < 1.29 is 42.1 Å². The molecule has 2 heterocycles. The summed E-state index contributed by atoms with van der Waals surface area (Å²) in [5, 5.41) is 0. The average Bonchev–Trinajstić information content (AvgIpc) is 3.34. The second kappa shape index (κ2) is 27.7. The van der Waals surface area contributed by atoms with Gasteiger partial charge in [0.25, 0.3) is 0 Å². The molecule has 0 radical (unpaired) electrons. The Balaban J connectivity index is 0.000000333. The van der Waals surface area contributed by atoms with Crippen molar-refractivity contribution in [3.63, 3.8) is 0 Å². The molecule has 0 saturated heterocycles. The summed E-state index contributed by atoms with van der Waals surface area (Å²) in [6, 6.07) is 45.9. The molecule has 1 atom stereocenters. The van der Waals surface area contributed by atoms with Crippen molar-refractivity contribution in [1.29, 1.82) is 0 Å². The molecule has 1 aliphatic rings. The molecule has 0 aliphatic heterocycles. The number of allylic oxidation sites excluding steroid dienone is 4. The molecular formula is C60H62N6Pt2. The maximum atomic E-state index is 4.72. The van der Waals surface area contributed by atoms with Crippen LogP contribution >= 0.6 is 0 Å². The van der Waals surface area contributed by atoms with E-state index in [0.29, 0.717) is 5.70 Å². The number of pyridine rings is 2. The van der Waals surface area contributed by atoms with Crippen LogP contribution in [0.1, 0.15) is 71.6 Å². The Morgan fingerprint density at radius 1 is 0.765 bits per heavy atom. The fourth-order valence-corrected chi connectivity index (χ4v) is 6.85. The van der Waals surface area contributed by atoms with Gasteiger partial charge in [-0.25, -0.2) is 25.3 Å². The van der Waals surface area contributed by atoms with Gasteiger partial charge in [0.05, 0.1) is 6.04 Å². The number of hydrogen-bond acceptors (Lipinski definition) is 6. The number of benzene rings is 4. The van der Waals surface area contributed by atoms with Gasteiger partial charge in [0.1, 0.15) is 0 Å². The van der Waals surface area contributed by atoms with Crippen molar-refractivity contribution >= 4 is 41.3 Å². The molecule has 0 spiro atoms. The molecule has 6 nitrogen and oxygen atoms in total. The van der Waals surface area contributed by atoms with E-state index in [2.05, 4.69) is 152 Å². The van der Waals surface area contributed by atoms with Gasteiger partial charge >= 0.3 is 42.1 Å². The normalized spacial score (nSPS) is 12.1. The number of aryl methyl sites for hydroxylation is 1. The van der Waals surface area contributed by atoms with Crippen LogP contribution in [0.3, 0.4) is 0 Å². The number of rotatable bonds is 13. The van der Waals surface area contributed by atoms with Crippen LogP contribution in [0.25, 0.3) is 28.6 Å². The standard InChI is InChI=1S/C32H31N3.C25H24N2.C3H7N.2Pt/c1-23(2)21-33-26(5)24(3)18-25(4)35(30-15-7-6-8-16-30)31-17-11-14-28(19-31)32-20-27-12-9-10-13-29(27)22-34-32;1-6-19(2)27(22-15-13-21(14-16-22)25(3,4)5)23-11-9-10-20(18-23)24-12-7-8-17-26-24;1-3-4-2;;/h6-8,10-11,13-17,20-22,26H,1,4,9,12H2,2-3,5H3;7-17H,1-2H2,3-5H3;3H,1-2H3;;/q2*-2;;2*+2. The van der Waals surface area contributed by atoms with Gasteiger partial charge in [-0.15, -0.1) is 76.6 Å². The van der Waals surface area contributed by atoms with E-state index in [9.17, 15) is 0 Å². The first kappa shape index (κ1) is 56.3. The van der Waals surface area contributed by atoms with Crippen molar-refractivity contribution in [2.75, 3.05) is 16.8 Å². The summed E-state index contributed by atoms with van der Waals surface area (Å²) in [6.45, 7) is 30.7. The fourth-order valence-electron chi connectivity index (χ4n) is 6.85. The number of aromatic nitrogens is 2. The van der Waals surface area contributed by atoms with Crippen molar-refractivity contribution in [3.8, 4) is 22.5 Å². The average molecular weight is 1260 g/mol. The molecule has 352 valence electrons. The Hall–Kier alpha value is -6.06. The summed E-state index contributed by atoms with van der Waals surface area (Å²) in [6.07, 6.45) is 20.1. The third kappa shape index (κ3) is 16.0. The maximum absolute atomic E-state index is 4.72. The summed E-state index contributed by atoms with van der Waals surface area (Å²) in [5.41, 5.74) is 14.7. The summed E-state index contributed by atoms with van der Waals surface area (Å²) in [5.74, 6) is 0. The molecule has 0 saturated carbocycles. The zero-order valence-electron chi connectivity index (χ0n) is 40.6. The number of aliphatic imine (C=N–C) groups is 2. The Bertz CT molecular complexity index is 2710. The van der Waals surface area contributed by atoms with Gasteiger partial charge in [0.15, 0.2) is 0 Å². The Labute approximate surface area is 436 Å². The van der Waals surface area contributed by atoms with Gasteiger partial charge in [-0.05, 0) is 121 Å². The summed E-state index contributed by atoms with van der Waals surface area (Å²) < 4.78 is 0. The molecule has 6 aromatic rings. The number of para-hydroxylation sites is 1. The second-order valence-corrected chi connectivity index (χ2v) is 16.8. The Kier molecular flexibility index (Phi) is 22.9. The predicted molar refractivity (Wildman–Crippen MR) is 283 cm³/mol. The summed E-state index contributed by atoms with van der Waals surface area (Å²) in [4.78, 5) is 21.4. The Morgan fingerprint density at radius 2 is 1.35 bits per heavy atom. The van der Waals surface area contributed by atoms with E-state index in [4.69, 9.17) is 4.98 Å². The van der Waals surface area contributed by atoms with Crippen LogP contribution in [0.2, 0.25) is 0 Å². The SMILES string of the molecule is C=C(C)C=NC(C)C(C)=[C-]C(=C)N(c1[c-]c(-c2cc3c(cn2)C=CCC3)ccc1)c1ccccc1.C=[C-]C(=C)N(c1[c-]c(-c2ccccn2)ccc1)c1ccc(C(C)(C)C)cc1.CC=NC.[Pt+2].[Pt+2]. The van der Waals surface area contributed by atoms with Crippen molar-refractivity contribution in [1.82, 2.24) is 9.97 Å². The van der Waals surface area contributed by atoms with Crippen LogP contribution in [-0.2, 0) is 54.0 Å². The molecule has 7 rings (SSSR count).